The fraction of sp³-hybridized carbons (Fsp3) is 0.727. The Morgan fingerprint density at radius 1 is 1.29 bits per heavy atom. The molecule has 0 unspecified atom stereocenters. The van der Waals surface area contributed by atoms with Crippen molar-refractivity contribution in [1.29, 1.82) is 0 Å². The van der Waals surface area contributed by atoms with Crippen LogP contribution in [0.1, 0.15) is 32.1 Å². The Hall–Kier alpha value is -1.06. The molecular formula is C11H16O5S. The molecule has 96 valence electrons. The van der Waals surface area contributed by atoms with Crippen LogP contribution in [0.4, 0.5) is 0 Å². The van der Waals surface area contributed by atoms with E-state index < -0.39 is 21.8 Å². The van der Waals surface area contributed by atoms with Gasteiger partial charge in [-0.3, -0.25) is 8.98 Å². The highest BCUT2D eigenvalue weighted by Gasteiger charge is 2.24. The summed E-state index contributed by atoms with van der Waals surface area (Å²) < 4.78 is 32.4. The molecule has 0 radical (unpaired) electrons. The second kappa shape index (κ2) is 6.62. The molecule has 1 fully saturated rings. The number of esters is 1. The third kappa shape index (κ3) is 5.71. The van der Waals surface area contributed by atoms with E-state index in [-0.39, 0.29) is 12.7 Å². The molecule has 1 aliphatic carbocycles. The Kier molecular flexibility index (Phi) is 5.45. The van der Waals surface area contributed by atoms with Gasteiger partial charge in [-0.1, -0.05) is 25.2 Å². The molecule has 0 aliphatic heterocycles. The van der Waals surface area contributed by atoms with Gasteiger partial charge in [0.25, 0.3) is 10.1 Å². The average molecular weight is 260 g/mol. The Bertz CT molecular complexity index is 387. The molecule has 0 aromatic heterocycles. The van der Waals surface area contributed by atoms with Gasteiger partial charge in [0.05, 0.1) is 6.10 Å². The second-order valence-corrected chi connectivity index (χ2v) is 5.52. The molecule has 0 bridgehead atoms. The maximum Gasteiger partial charge on any atom is 0.324 e. The largest absolute Gasteiger partial charge is 0.452 e. The van der Waals surface area contributed by atoms with Crippen LogP contribution in [0.15, 0.2) is 0 Å². The van der Waals surface area contributed by atoms with Crippen LogP contribution in [0.2, 0.25) is 0 Å². The van der Waals surface area contributed by atoms with Gasteiger partial charge in [-0.25, -0.2) is 0 Å². The van der Waals surface area contributed by atoms with Crippen molar-refractivity contribution in [3.05, 3.63) is 0 Å². The zero-order valence-electron chi connectivity index (χ0n) is 9.55. The first-order valence-corrected chi connectivity index (χ1v) is 7.11. The molecule has 1 aliphatic rings. The van der Waals surface area contributed by atoms with Gasteiger partial charge in [0.1, 0.15) is 0 Å². The van der Waals surface area contributed by atoms with E-state index in [1.807, 2.05) is 0 Å². The number of carbonyl (C=O) groups excluding carboxylic acids is 1. The van der Waals surface area contributed by atoms with E-state index in [0.29, 0.717) is 0 Å². The quantitative estimate of drug-likeness (QED) is 0.416. The first-order chi connectivity index (χ1) is 8.03. The predicted molar refractivity (Wildman–Crippen MR) is 61.5 cm³/mol. The highest BCUT2D eigenvalue weighted by Crippen LogP contribution is 2.21. The van der Waals surface area contributed by atoms with Crippen molar-refractivity contribution >= 4 is 16.1 Å². The van der Waals surface area contributed by atoms with E-state index in [1.165, 1.54) is 0 Å². The summed E-state index contributed by atoms with van der Waals surface area (Å²) in [5, 5.41) is 0. The Balaban J connectivity index is 2.39. The third-order valence-electron chi connectivity index (χ3n) is 2.45. The average Bonchev–Trinajstić information content (AvgIpc) is 2.26. The summed E-state index contributed by atoms with van der Waals surface area (Å²) in [6, 6.07) is 0. The lowest BCUT2D eigenvalue weighted by Gasteiger charge is -2.20. The minimum absolute atomic E-state index is 0.224. The minimum atomic E-state index is -3.85. The minimum Gasteiger partial charge on any atom is -0.452 e. The molecule has 6 heteroatoms. The molecule has 0 amide bonds. The van der Waals surface area contributed by atoms with E-state index in [0.717, 1.165) is 32.1 Å². The van der Waals surface area contributed by atoms with Crippen LogP contribution in [0.5, 0.6) is 0 Å². The van der Waals surface area contributed by atoms with Crippen LogP contribution < -0.4 is 0 Å². The molecule has 17 heavy (non-hydrogen) atoms. The second-order valence-electron chi connectivity index (χ2n) is 3.92. The third-order valence-corrected chi connectivity index (χ3v) is 3.60. The summed E-state index contributed by atoms with van der Waals surface area (Å²) >= 11 is 0. The van der Waals surface area contributed by atoms with Gasteiger partial charge in [-0.15, -0.1) is 6.42 Å². The maximum atomic E-state index is 11.5. The van der Waals surface area contributed by atoms with Gasteiger partial charge in [-0.2, -0.15) is 8.42 Å². The number of terminal acetylenes is 1. The summed E-state index contributed by atoms with van der Waals surface area (Å²) in [6.45, 7) is -0.224. The number of carbonyl (C=O) groups is 1. The van der Waals surface area contributed by atoms with Gasteiger partial charge in [0.2, 0.25) is 0 Å². The molecule has 0 spiro atoms. The fourth-order valence-electron chi connectivity index (χ4n) is 1.71. The van der Waals surface area contributed by atoms with E-state index in [4.69, 9.17) is 10.6 Å². The molecule has 0 N–H and O–H groups in total. The smallest absolute Gasteiger partial charge is 0.324 e. The van der Waals surface area contributed by atoms with Gasteiger partial charge >= 0.3 is 5.97 Å². The van der Waals surface area contributed by atoms with Crippen molar-refractivity contribution < 1.29 is 22.1 Å². The van der Waals surface area contributed by atoms with Gasteiger partial charge in [0, 0.05) is 0 Å². The normalized spacial score (nSPS) is 17.4. The van der Waals surface area contributed by atoms with E-state index in [1.54, 1.807) is 0 Å². The SMILES string of the molecule is C#CCOC(=O)CS(=O)(=O)OC1CCCCC1. The molecule has 1 rings (SSSR count). The number of hydrogen-bond acceptors (Lipinski definition) is 5. The number of rotatable bonds is 5. The van der Waals surface area contributed by atoms with E-state index in [9.17, 15) is 13.2 Å². The summed E-state index contributed by atoms with van der Waals surface area (Å²) in [5.74, 6) is 0.438. The van der Waals surface area contributed by atoms with Crippen LogP contribution >= 0.6 is 0 Å². The Morgan fingerprint density at radius 2 is 1.94 bits per heavy atom. The summed E-state index contributed by atoms with van der Waals surface area (Å²) in [7, 11) is -3.85. The first-order valence-electron chi connectivity index (χ1n) is 5.53. The predicted octanol–water partition coefficient (Wildman–Crippen LogP) is 0.842. The van der Waals surface area contributed by atoms with Gasteiger partial charge < -0.3 is 4.74 Å². The summed E-state index contributed by atoms with van der Waals surface area (Å²) in [6.07, 6.45) is 9.05. The molecule has 0 aromatic carbocycles. The van der Waals surface area contributed by atoms with Gasteiger partial charge in [-0.05, 0) is 12.8 Å². The Morgan fingerprint density at radius 3 is 2.53 bits per heavy atom. The first kappa shape index (κ1) is 14.0. The lowest BCUT2D eigenvalue weighted by Crippen LogP contribution is -2.26. The van der Waals surface area contributed by atoms with Crippen molar-refractivity contribution in [3.63, 3.8) is 0 Å². The zero-order valence-corrected chi connectivity index (χ0v) is 10.4. The topological polar surface area (TPSA) is 69.7 Å². The van der Waals surface area contributed by atoms with Crippen LogP contribution in [0, 0.1) is 12.3 Å². The lowest BCUT2D eigenvalue weighted by atomic mass is 9.98. The van der Waals surface area contributed by atoms with Crippen molar-refractivity contribution in [3.8, 4) is 12.3 Å². The molecule has 0 heterocycles. The van der Waals surface area contributed by atoms with Crippen molar-refractivity contribution in [2.45, 2.75) is 38.2 Å². The molecule has 5 nitrogen and oxygen atoms in total. The lowest BCUT2D eigenvalue weighted by molar-refractivity contribution is -0.139. The highest BCUT2D eigenvalue weighted by molar-refractivity contribution is 7.87. The highest BCUT2D eigenvalue weighted by atomic mass is 32.2. The van der Waals surface area contributed by atoms with Crippen molar-refractivity contribution in [2.24, 2.45) is 0 Å². The van der Waals surface area contributed by atoms with Crippen LogP contribution in [0.3, 0.4) is 0 Å². The summed E-state index contributed by atoms with van der Waals surface area (Å²) in [4.78, 5) is 11.1. The number of hydrogen-bond donors (Lipinski definition) is 0. The standard InChI is InChI=1S/C11H16O5S/c1-2-8-15-11(12)9-17(13,14)16-10-6-4-3-5-7-10/h1,10H,3-9H2. The maximum absolute atomic E-state index is 11.5. The van der Waals surface area contributed by atoms with E-state index in [2.05, 4.69) is 10.7 Å². The molecule has 0 aromatic rings. The monoisotopic (exact) mass is 260 g/mol. The number of ether oxygens (including phenoxy) is 1. The van der Waals surface area contributed by atoms with Crippen LogP contribution in [0.25, 0.3) is 0 Å². The van der Waals surface area contributed by atoms with Gasteiger partial charge in [0.15, 0.2) is 12.4 Å². The van der Waals surface area contributed by atoms with Crippen LogP contribution in [-0.4, -0.2) is 32.9 Å². The van der Waals surface area contributed by atoms with Crippen LogP contribution in [-0.2, 0) is 23.8 Å². The molecular weight excluding hydrogens is 244 g/mol. The van der Waals surface area contributed by atoms with Crippen molar-refractivity contribution in [2.75, 3.05) is 12.4 Å². The molecule has 0 saturated heterocycles. The molecule has 1 saturated carbocycles. The van der Waals surface area contributed by atoms with E-state index >= 15 is 0 Å². The molecule has 0 atom stereocenters. The Labute approximate surface area is 102 Å². The fourth-order valence-corrected chi connectivity index (χ4v) is 2.76. The van der Waals surface area contributed by atoms with Crippen molar-refractivity contribution in [1.82, 2.24) is 0 Å². The zero-order chi connectivity index (χ0) is 12.7. The summed E-state index contributed by atoms with van der Waals surface area (Å²) in [5.41, 5.74) is 0.